The summed E-state index contributed by atoms with van der Waals surface area (Å²) in [6.45, 7) is 5.38. The lowest BCUT2D eigenvalue weighted by molar-refractivity contribution is -0.125. The molecular weight excluding hydrogens is 392 g/mol. The molecule has 1 saturated heterocycles. The lowest BCUT2D eigenvalue weighted by Gasteiger charge is -2.30. The first-order valence-electron chi connectivity index (χ1n) is 10.6. The van der Waals surface area contributed by atoms with Crippen LogP contribution in [0.3, 0.4) is 0 Å². The molecule has 7 heteroatoms. The number of nitrogens with one attached hydrogen (secondary N) is 3. The van der Waals surface area contributed by atoms with Crippen LogP contribution in [0.1, 0.15) is 24.0 Å². The Morgan fingerprint density at radius 3 is 2.16 bits per heavy atom. The number of rotatable bonds is 7. The van der Waals surface area contributed by atoms with Crippen molar-refractivity contribution < 1.29 is 14.4 Å². The summed E-state index contributed by atoms with van der Waals surface area (Å²) in [5.74, 6) is -0.466. The molecule has 31 heavy (non-hydrogen) atoms. The molecule has 1 heterocycles. The number of aryl methyl sites for hydroxylation is 2. The maximum absolute atomic E-state index is 12.4. The van der Waals surface area contributed by atoms with Crippen molar-refractivity contribution in [1.29, 1.82) is 0 Å². The fourth-order valence-electron chi connectivity index (χ4n) is 3.75. The Labute approximate surface area is 183 Å². The van der Waals surface area contributed by atoms with E-state index in [2.05, 4.69) is 16.0 Å². The predicted molar refractivity (Wildman–Crippen MR) is 122 cm³/mol. The molecule has 2 aromatic rings. The zero-order valence-electron chi connectivity index (χ0n) is 18.1. The third-order valence-corrected chi connectivity index (χ3v) is 5.56. The van der Waals surface area contributed by atoms with Crippen LogP contribution in [0.5, 0.6) is 0 Å². The van der Waals surface area contributed by atoms with Gasteiger partial charge in [-0.25, -0.2) is 0 Å². The number of anilines is 2. The molecular formula is C24H30N4O3. The first-order valence-corrected chi connectivity index (χ1v) is 10.6. The smallest absolute Gasteiger partial charge is 0.243 e. The van der Waals surface area contributed by atoms with Gasteiger partial charge in [0.1, 0.15) is 0 Å². The molecule has 0 spiro atoms. The molecule has 0 saturated carbocycles. The standard InChI is InChI=1S/C24H30N4O3/c1-17-7-6-8-18(2)23(17)27-21(29)15-25-22(30)16-28-13-11-19(12-14-28)24(31)26-20-9-4-3-5-10-20/h3-10,19H,11-16H2,1-2H3,(H,25,30)(H,26,31)(H,27,29). The lowest BCUT2D eigenvalue weighted by atomic mass is 9.96. The SMILES string of the molecule is Cc1cccc(C)c1NC(=O)CNC(=O)CN1CCC(C(=O)Nc2ccccc2)CC1. The highest BCUT2D eigenvalue weighted by atomic mass is 16.2. The number of hydrogen-bond acceptors (Lipinski definition) is 4. The summed E-state index contributed by atoms with van der Waals surface area (Å²) in [7, 11) is 0. The third-order valence-electron chi connectivity index (χ3n) is 5.56. The van der Waals surface area contributed by atoms with Crippen LogP contribution in [0.25, 0.3) is 0 Å². The fraction of sp³-hybridized carbons (Fsp3) is 0.375. The molecule has 0 aliphatic carbocycles. The molecule has 2 aromatic carbocycles. The van der Waals surface area contributed by atoms with E-state index < -0.39 is 0 Å². The van der Waals surface area contributed by atoms with E-state index in [9.17, 15) is 14.4 Å². The van der Waals surface area contributed by atoms with Gasteiger partial charge in [0, 0.05) is 17.3 Å². The van der Waals surface area contributed by atoms with Crippen molar-refractivity contribution in [2.24, 2.45) is 5.92 Å². The van der Waals surface area contributed by atoms with Gasteiger partial charge in [-0.15, -0.1) is 0 Å². The van der Waals surface area contributed by atoms with Gasteiger partial charge in [0.15, 0.2) is 0 Å². The number of carbonyl (C=O) groups excluding carboxylic acids is 3. The number of benzene rings is 2. The highest BCUT2D eigenvalue weighted by Crippen LogP contribution is 2.20. The number of amides is 3. The molecule has 3 amide bonds. The normalized spacial score (nSPS) is 14.6. The molecule has 3 rings (SSSR count). The Morgan fingerprint density at radius 2 is 1.52 bits per heavy atom. The summed E-state index contributed by atoms with van der Waals surface area (Å²) in [5.41, 5.74) is 3.56. The number of carbonyl (C=O) groups is 3. The number of piperidine rings is 1. The summed E-state index contributed by atoms with van der Waals surface area (Å²) in [4.78, 5) is 38.9. The van der Waals surface area contributed by atoms with Gasteiger partial charge in [-0.2, -0.15) is 0 Å². The van der Waals surface area contributed by atoms with Gasteiger partial charge in [-0.1, -0.05) is 36.4 Å². The van der Waals surface area contributed by atoms with E-state index in [4.69, 9.17) is 0 Å². The Morgan fingerprint density at radius 1 is 0.871 bits per heavy atom. The van der Waals surface area contributed by atoms with E-state index in [0.29, 0.717) is 25.9 Å². The number of hydrogen-bond donors (Lipinski definition) is 3. The molecule has 1 aliphatic rings. The topological polar surface area (TPSA) is 90.5 Å². The molecule has 1 fully saturated rings. The van der Waals surface area contributed by atoms with Crippen molar-refractivity contribution in [3.05, 3.63) is 59.7 Å². The minimum Gasteiger partial charge on any atom is -0.346 e. The van der Waals surface area contributed by atoms with Gasteiger partial charge in [-0.05, 0) is 63.0 Å². The largest absolute Gasteiger partial charge is 0.346 e. The van der Waals surface area contributed by atoms with Crippen LogP contribution in [0.4, 0.5) is 11.4 Å². The second-order valence-electron chi connectivity index (χ2n) is 8.00. The van der Waals surface area contributed by atoms with Gasteiger partial charge in [0.25, 0.3) is 0 Å². The summed E-state index contributed by atoms with van der Waals surface area (Å²) in [6.07, 6.45) is 1.41. The first kappa shape index (κ1) is 22.5. The van der Waals surface area contributed by atoms with Crippen molar-refractivity contribution in [1.82, 2.24) is 10.2 Å². The van der Waals surface area contributed by atoms with E-state index in [1.807, 2.05) is 67.3 Å². The van der Waals surface area contributed by atoms with Gasteiger partial charge in [0.2, 0.25) is 17.7 Å². The third kappa shape index (κ3) is 6.65. The van der Waals surface area contributed by atoms with Crippen molar-refractivity contribution >= 4 is 29.1 Å². The first-order chi connectivity index (χ1) is 14.9. The van der Waals surface area contributed by atoms with Crippen LogP contribution >= 0.6 is 0 Å². The quantitative estimate of drug-likeness (QED) is 0.640. The highest BCUT2D eigenvalue weighted by molar-refractivity contribution is 5.96. The van der Waals surface area contributed by atoms with Crippen molar-refractivity contribution in [2.75, 3.05) is 36.8 Å². The van der Waals surface area contributed by atoms with Gasteiger partial charge in [0.05, 0.1) is 13.1 Å². The van der Waals surface area contributed by atoms with E-state index in [1.54, 1.807) is 0 Å². The van der Waals surface area contributed by atoms with Crippen LogP contribution in [0, 0.1) is 19.8 Å². The Bertz CT molecular complexity index is 901. The van der Waals surface area contributed by atoms with Crippen LogP contribution in [-0.4, -0.2) is 48.8 Å². The summed E-state index contributed by atoms with van der Waals surface area (Å²) in [5, 5.41) is 8.49. The minimum atomic E-state index is -0.248. The van der Waals surface area contributed by atoms with Crippen molar-refractivity contribution in [3.8, 4) is 0 Å². The zero-order chi connectivity index (χ0) is 22.2. The second kappa shape index (κ2) is 10.7. The zero-order valence-corrected chi connectivity index (χ0v) is 18.1. The Hall–Kier alpha value is -3.19. The second-order valence-corrected chi connectivity index (χ2v) is 8.00. The highest BCUT2D eigenvalue weighted by Gasteiger charge is 2.26. The number of nitrogens with zero attached hydrogens (tertiary/aromatic N) is 1. The van der Waals surface area contributed by atoms with Crippen LogP contribution in [0.2, 0.25) is 0 Å². The molecule has 1 aliphatic heterocycles. The minimum absolute atomic E-state index is 0.0264. The van der Waals surface area contributed by atoms with E-state index >= 15 is 0 Å². The number of para-hydroxylation sites is 2. The van der Waals surface area contributed by atoms with E-state index in [1.165, 1.54) is 0 Å². The summed E-state index contributed by atoms with van der Waals surface area (Å²) >= 11 is 0. The molecule has 0 bridgehead atoms. The summed E-state index contributed by atoms with van der Waals surface area (Å²) < 4.78 is 0. The molecule has 0 unspecified atom stereocenters. The van der Waals surface area contributed by atoms with Gasteiger partial charge < -0.3 is 16.0 Å². The molecule has 0 atom stereocenters. The van der Waals surface area contributed by atoms with Crippen molar-refractivity contribution in [3.63, 3.8) is 0 Å². The maximum Gasteiger partial charge on any atom is 0.243 e. The average Bonchev–Trinajstić information content (AvgIpc) is 2.76. The van der Waals surface area contributed by atoms with Gasteiger partial charge >= 0.3 is 0 Å². The molecule has 0 radical (unpaired) electrons. The Balaban J connectivity index is 1.37. The monoisotopic (exact) mass is 422 g/mol. The summed E-state index contributed by atoms with van der Waals surface area (Å²) in [6, 6.07) is 15.2. The Kier molecular flexibility index (Phi) is 7.78. The van der Waals surface area contributed by atoms with Crippen LogP contribution < -0.4 is 16.0 Å². The van der Waals surface area contributed by atoms with E-state index in [-0.39, 0.29) is 36.7 Å². The molecule has 3 N–H and O–H groups in total. The van der Waals surface area contributed by atoms with Crippen molar-refractivity contribution in [2.45, 2.75) is 26.7 Å². The molecule has 0 aromatic heterocycles. The number of likely N-dealkylation sites (tertiary alicyclic amines) is 1. The van der Waals surface area contributed by atoms with Gasteiger partial charge in [-0.3, -0.25) is 19.3 Å². The lowest BCUT2D eigenvalue weighted by Crippen LogP contribution is -2.44. The maximum atomic E-state index is 12.4. The van der Waals surface area contributed by atoms with Crippen LogP contribution in [-0.2, 0) is 14.4 Å². The molecule has 7 nitrogen and oxygen atoms in total. The van der Waals surface area contributed by atoms with E-state index in [0.717, 1.165) is 22.5 Å². The average molecular weight is 423 g/mol. The fourth-order valence-corrected chi connectivity index (χ4v) is 3.75. The predicted octanol–water partition coefficient (Wildman–Crippen LogP) is 2.71. The van der Waals surface area contributed by atoms with Crippen LogP contribution in [0.15, 0.2) is 48.5 Å². The molecule has 164 valence electrons.